The summed E-state index contributed by atoms with van der Waals surface area (Å²) in [4.78, 5) is 35.4. The molecule has 0 aliphatic carbocycles. The van der Waals surface area contributed by atoms with Gasteiger partial charge in [0.15, 0.2) is 0 Å². The highest BCUT2D eigenvalue weighted by molar-refractivity contribution is 8.00. The molecule has 0 radical (unpaired) electrons. The molecule has 0 aliphatic heterocycles. The molecule has 0 saturated carbocycles. The van der Waals surface area contributed by atoms with E-state index in [4.69, 9.17) is 0 Å². The van der Waals surface area contributed by atoms with Crippen LogP contribution in [0.4, 0.5) is 0 Å². The maximum atomic E-state index is 11.9. The summed E-state index contributed by atoms with van der Waals surface area (Å²) in [6.45, 7) is 1.97. The second-order valence-corrected chi connectivity index (χ2v) is 6.64. The lowest BCUT2D eigenvalue weighted by molar-refractivity contribution is -0.119. The number of amides is 2. The van der Waals surface area contributed by atoms with Crippen molar-refractivity contribution in [2.45, 2.75) is 12.2 Å². The number of carbonyl (C=O) groups is 2. The van der Waals surface area contributed by atoms with Gasteiger partial charge in [0.05, 0.1) is 22.0 Å². The SMILES string of the molecule is C[C@@H](SCC(=O)NNC(=O)c1ccccn1)c1nc2ccccc2[nH]1. The number of aromatic nitrogens is 3. The number of benzene rings is 1. The van der Waals surface area contributed by atoms with Crippen LogP contribution in [0.25, 0.3) is 11.0 Å². The Labute approximate surface area is 148 Å². The molecule has 3 N–H and O–H groups in total. The number of hydrogen-bond acceptors (Lipinski definition) is 5. The predicted octanol–water partition coefficient (Wildman–Crippen LogP) is 2.21. The Morgan fingerprint density at radius 1 is 1.16 bits per heavy atom. The Hall–Kier alpha value is -2.87. The van der Waals surface area contributed by atoms with Crippen molar-refractivity contribution in [3.05, 3.63) is 60.2 Å². The average molecular weight is 355 g/mol. The van der Waals surface area contributed by atoms with Crippen molar-refractivity contribution in [3.8, 4) is 0 Å². The number of carbonyl (C=O) groups excluding carboxylic acids is 2. The van der Waals surface area contributed by atoms with Gasteiger partial charge in [0.2, 0.25) is 5.91 Å². The topological polar surface area (TPSA) is 99.8 Å². The molecular weight excluding hydrogens is 338 g/mol. The number of imidazole rings is 1. The number of aromatic amines is 1. The fraction of sp³-hybridized carbons (Fsp3) is 0.176. The summed E-state index contributed by atoms with van der Waals surface area (Å²) in [6.07, 6.45) is 1.52. The maximum Gasteiger partial charge on any atom is 0.288 e. The minimum Gasteiger partial charge on any atom is -0.341 e. The van der Waals surface area contributed by atoms with Crippen LogP contribution < -0.4 is 10.9 Å². The van der Waals surface area contributed by atoms with Gasteiger partial charge in [-0.1, -0.05) is 18.2 Å². The van der Waals surface area contributed by atoms with Gasteiger partial charge in [0.25, 0.3) is 5.91 Å². The first-order chi connectivity index (χ1) is 12.1. The van der Waals surface area contributed by atoms with E-state index in [2.05, 4.69) is 25.8 Å². The zero-order chi connectivity index (χ0) is 17.6. The van der Waals surface area contributed by atoms with Crippen molar-refractivity contribution in [3.63, 3.8) is 0 Å². The Kier molecular flexibility index (Phi) is 5.30. The molecule has 1 aromatic carbocycles. The molecule has 8 heteroatoms. The number of thioether (sulfide) groups is 1. The van der Waals surface area contributed by atoms with Crippen molar-refractivity contribution in [1.82, 2.24) is 25.8 Å². The summed E-state index contributed by atoms with van der Waals surface area (Å²) in [5.41, 5.74) is 6.84. The number of para-hydroxylation sites is 2. The van der Waals surface area contributed by atoms with Crippen LogP contribution >= 0.6 is 11.8 Å². The zero-order valence-electron chi connectivity index (χ0n) is 13.5. The van der Waals surface area contributed by atoms with E-state index >= 15 is 0 Å². The Morgan fingerprint density at radius 3 is 2.72 bits per heavy atom. The highest BCUT2D eigenvalue weighted by atomic mass is 32.2. The third-order valence-corrected chi connectivity index (χ3v) is 4.62. The number of fused-ring (bicyclic) bond motifs is 1. The molecule has 0 saturated heterocycles. The van der Waals surface area contributed by atoms with Crippen LogP contribution in [0.15, 0.2) is 48.7 Å². The molecule has 1 atom stereocenters. The molecule has 3 rings (SSSR count). The van der Waals surface area contributed by atoms with Crippen LogP contribution in [0.5, 0.6) is 0 Å². The van der Waals surface area contributed by atoms with Crippen molar-refractivity contribution in [1.29, 1.82) is 0 Å². The molecule has 0 fully saturated rings. The lowest BCUT2D eigenvalue weighted by Crippen LogP contribution is -2.42. The first-order valence-electron chi connectivity index (χ1n) is 7.70. The van der Waals surface area contributed by atoms with Crippen molar-refractivity contribution < 1.29 is 9.59 Å². The van der Waals surface area contributed by atoms with Crippen LogP contribution in [0.3, 0.4) is 0 Å². The molecule has 25 heavy (non-hydrogen) atoms. The molecule has 2 amide bonds. The number of hydrazine groups is 1. The Balaban J connectivity index is 1.47. The summed E-state index contributed by atoms with van der Waals surface area (Å²) >= 11 is 1.43. The standard InChI is InChI=1S/C17H17N5O2S/c1-11(16-19-12-6-2-3-7-13(12)20-16)25-10-15(23)21-22-17(24)14-8-4-5-9-18-14/h2-9,11H,10H2,1H3,(H,19,20)(H,21,23)(H,22,24)/t11-/m1/s1. The van der Waals surface area contributed by atoms with Crippen LogP contribution in [0.1, 0.15) is 28.5 Å². The summed E-state index contributed by atoms with van der Waals surface area (Å²) < 4.78 is 0. The van der Waals surface area contributed by atoms with Gasteiger partial charge in [-0.3, -0.25) is 25.4 Å². The summed E-state index contributed by atoms with van der Waals surface area (Å²) in [6, 6.07) is 12.8. The van der Waals surface area contributed by atoms with E-state index in [1.165, 1.54) is 18.0 Å². The first kappa shape index (κ1) is 17.0. The predicted molar refractivity (Wildman–Crippen MR) is 96.8 cm³/mol. The Morgan fingerprint density at radius 2 is 1.96 bits per heavy atom. The highest BCUT2D eigenvalue weighted by Gasteiger charge is 2.14. The van der Waals surface area contributed by atoms with Crippen molar-refractivity contribution in [2.75, 3.05) is 5.75 Å². The molecule has 7 nitrogen and oxygen atoms in total. The van der Waals surface area contributed by atoms with E-state index in [-0.39, 0.29) is 22.6 Å². The van der Waals surface area contributed by atoms with Gasteiger partial charge in [-0.25, -0.2) is 4.98 Å². The first-order valence-corrected chi connectivity index (χ1v) is 8.75. The average Bonchev–Trinajstić information content (AvgIpc) is 3.09. The molecule has 0 unspecified atom stereocenters. The number of H-pyrrole nitrogens is 1. The second-order valence-electron chi connectivity index (χ2n) is 5.31. The van der Waals surface area contributed by atoms with Gasteiger partial charge in [-0.05, 0) is 31.2 Å². The third kappa shape index (κ3) is 4.36. The van der Waals surface area contributed by atoms with Crippen molar-refractivity contribution >= 4 is 34.6 Å². The molecule has 2 aromatic heterocycles. The summed E-state index contributed by atoms with van der Waals surface area (Å²) in [7, 11) is 0. The quantitative estimate of drug-likeness (QED) is 0.609. The van der Waals surface area contributed by atoms with Crippen LogP contribution in [-0.4, -0.2) is 32.5 Å². The summed E-state index contributed by atoms with van der Waals surface area (Å²) in [5.74, 6) is 0.263. The van der Waals surface area contributed by atoms with E-state index in [0.29, 0.717) is 0 Å². The van der Waals surface area contributed by atoms with Crippen LogP contribution in [-0.2, 0) is 4.79 Å². The van der Waals surface area contributed by atoms with E-state index in [0.717, 1.165) is 16.9 Å². The number of nitrogens with zero attached hydrogens (tertiary/aromatic N) is 2. The third-order valence-electron chi connectivity index (χ3n) is 3.47. The van der Waals surface area contributed by atoms with Gasteiger partial charge < -0.3 is 4.98 Å². The molecule has 2 heterocycles. The number of nitrogens with one attached hydrogen (secondary N) is 3. The maximum absolute atomic E-state index is 11.9. The largest absolute Gasteiger partial charge is 0.341 e. The summed E-state index contributed by atoms with van der Waals surface area (Å²) in [5, 5.41) is 0.0182. The van der Waals surface area contributed by atoms with Gasteiger partial charge >= 0.3 is 0 Å². The van der Waals surface area contributed by atoms with Gasteiger partial charge in [0.1, 0.15) is 11.5 Å². The van der Waals surface area contributed by atoms with E-state index in [9.17, 15) is 9.59 Å². The molecule has 3 aromatic rings. The van der Waals surface area contributed by atoms with E-state index < -0.39 is 5.91 Å². The number of rotatable bonds is 5. The molecule has 0 aliphatic rings. The zero-order valence-corrected chi connectivity index (χ0v) is 14.3. The minimum absolute atomic E-state index is 0.0182. The van der Waals surface area contributed by atoms with E-state index in [1.807, 2.05) is 31.2 Å². The Bertz CT molecular complexity index is 848. The van der Waals surface area contributed by atoms with Crippen LogP contribution in [0.2, 0.25) is 0 Å². The number of hydrogen-bond donors (Lipinski definition) is 3. The van der Waals surface area contributed by atoms with Crippen molar-refractivity contribution in [2.24, 2.45) is 0 Å². The normalized spacial score (nSPS) is 11.9. The minimum atomic E-state index is -0.454. The second kappa shape index (κ2) is 7.80. The van der Waals surface area contributed by atoms with Gasteiger partial charge in [-0.15, -0.1) is 11.8 Å². The van der Waals surface area contributed by atoms with Gasteiger partial charge in [-0.2, -0.15) is 0 Å². The fourth-order valence-electron chi connectivity index (χ4n) is 2.17. The lowest BCUT2D eigenvalue weighted by Gasteiger charge is -2.09. The molecular formula is C17H17N5O2S. The fourth-order valence-corrected chi connectivity index (χ4v) is 2.91. The lowest BCUT2D eigenvalue weighted by atomic mass is 10.3. The van der Waals surface area contributed by atoms with E-state index in [1.54, 1.807) is 18.2 Å². The smallest absolute Gasteiger partial charge is 0.288 e. The number of pyridine rings is 1. The van der Waals surface area contributed by atoms with Gasteiger partial charge in [0, 0.05) is 6.20 Å². The molecule has 0 bridgehead atoms. The highest BCUT2D eigenvalue weighted by Crippen LogP contribution is 2.27. The molecule has 0 spiro atoms. The monoisotopic (exact) mass is 355 g/mol. The van der Waals surface area contributed by atoms with Crippen LogP contribution in [0, 0.1) is 0 Å². The molecule has 128 valence electrons.